The number of aromatic nitrogens is 1. The Bertz CT molecular complexity index is 931. The number of benzene rings is 1. The molecule has 2 heterocycles. The summed E-state index contributed by atoms with van der Waals surface area (Å²) in [5.74, 6) is -0.426. The van der Waals surface area contributed by atoms with E-state index >= 15 is 0 Å². The van der Waals surface area contributed by atoms with E-state index in [1.165, 1.54) is 28.2 Å². The molecule has 2 N–H and O–H groups in total. The molecule has 6 heteroatoms. The fraction of sp³-hybridized carbons (Fsp3) is 0.235. The Hall–Kier alpha value is -2.47. The van der Waals surface area contributed by atoms with E-state index in [2.05, 4.69) is 15.2 Å². The van der Waals surface area contributed by atoms with Crippen LogP contribution in [0.1, 0.15) is 32.1 Å². The first kappa shape index (κ1) is 14.1. The van der Waals surface area contributed by atoms with Gasteiger partial charge in [0.05, 0.1) is 10.4 Å². The molecule has 0 aliphatic heterocycles. The van der Waals surface area contributed by atoms with Gasteiger partial charge in [-0.25, -0.2) is 0 Å². The summed E-state index contributed by atoms with van der Waals surface area (Å²) in [4.78, 5) is 17.0. The number of nitrogens with one attached hydrogen (secondary N) is 1. The molecule has 2 aromatic heterocycles. The van der Waals surface area contributed by atoms with E-state index in [1.54, 1.807) is 0 Å². The first-order chi connectivity index (χ1) is 11.1. The number of nitrogens with zero attached hydrogens (tertiary/aromatic N) is 2. The van der Waals surface area contributed by atoms with Crippen molar-refractivity contribution in [3.8, 4) is 5.88 Å². The molecule has 0 saturated heterocycles. The SMILES string of the molecule is Cc1cccc2c(N=NC(=O)c3cc4c(s3)CCC4)c(O)[nH]c12. The lowest BCUT2D eigenvalue weighted by atomic mass is 10.1. The second-order valence-electron chi connectivity index (χ2n) is 5.74. The predicted octanol–water partition coefficient (Wildman–Crippen LogP) is 4.66. The maximum Gasteiger partial charge on any atom is 0.305 e. The Kier molecular flexibility index (Phi) is 3.27. The van der Waals surface area contributed by atoms with Crippen LogP contribution in [-0.4, -0.2) is 16.0 Å². The topological polar surface area (TPSA) is 77.8 Å². The molecule has 3 aromatic rings. The van der Waals surface area contributed by atoms with Crippen LogP contribution in [0.4, 0.5) is 5.69 Å². The number of aryl methyl sites for hydroxylation is 3. The average molecular weight is 325 g/mol. The molecule has 116 valence electrons. The lowest BCUT2D eigenvalue weighted by Gasteiger charge is -1.94. The van der Waals surface area contributed by atoms with Gasteiger partial charge in [-0.3, -0.25) is 4.79 Å². The number of H-pyrrole nitrogens is 1. The highest BCUT2D eigenvalue weighted by Crippen LogP contribution is 2.37. The Morgan fingerprint density at radius 3 is 3.04 bits per heavy atom. The Labute approximate surface area is 136 Å². The molecule has 1 aromatic carbocycles. The lowest BCUT2D eigenvalue weighted by molar-refractivity contribution is 0.0999. The van der Waals surface area contributed by atoms with E-state index in [0.717, 1.165) is 29.3 Å². The van der Waals surface area contributed by atoms with Gasteiger partial charge in [0.1, 0.15) is 0 Å². The van der Waals surface area contributed by atoms with Crippen molar-refractivity contribution in [3.05, 3.63) is 45.1 Å². The van der Waals surface area contributed by atoms with Crippen molar-refractivity contribution >= 4 is 33.8 Å². The van der Waals surface area contributed by atoms with Crippen molar-refractivity contribution in [1.82, 2.24) is 4.98 Å². The third-order valence-electron chi connectivity index (χ3n) is 4.19. The van der Waals surface area contributed by atoms with Gasteiger partial charge in [-0.15, -0.1) is 21.6 Å². The van der Waals surface area contributed by atoms with Crippen LogP contribution < -0.4 is 0 Å². The van der Waals surface area contributed by atoms with Crippen molar-refractivity contribution in [2.75, 3.05) is 0 Å². The van der Waals surface area contributed by atoms with Crippen molar-refractivity contribution in [2.45, 2.75) is 26.2 Å². The van der Waals surface area contributed by atoms with E-state index < -0.39 is 0 Å². The molecule has 0 saturated carbocycles. The minimum absolute atomic E-state index is 0.0699. The Morgan fingerprint density at radius 2 is 2.22 bits per heavy atom. The molecule has 0 fully saturated rings. The molecule has 0 radical (unpaired) electrons. The van der Waals surface area contributed by atoms with Crippen molar-refractivity contribution in [2.24, 2.45) is 10.2 Å². The second kappa shape index (κ2) is 5.31. The summed E-state index contributed by atoms with van der Waals surface area (Å²) in [6.07, 6.45) is 3.26. The molecular weight excluding hydrogens is 310 g/mol. The molecule has 0 spiro atoms. The molecule has 0 unspecified atom stereocenters. The minimum atomic E-state index is -0.356. The van der Waals surface area contributed by atoms with Crippen LogP contribution in [0.5, 0.6) is 5.88 Å². The zero-order valence-corrected chi connectivity index (χ0v) is 13.4. The molecule has 1 aliphatic carbocycles. The average Bonchev–Trinajstić information content (AvgIpc) is 3.18. The number of aromatic hydroxyl groups is 1. The lowest BCUT2D eigenvalue weighted by Crippen LogP contribution is -1.89. The maximum atomic E-state index is 12.2. The predicted molar refractivity (Wildman–Crippen MR) is 89.9 cm³/mol. The largest absolute Gasteiger partial charge is 0.493 e. The van der Waals surface area contributed by atoms with E-state index in [0.29, 0.717) is 10.6 Å². The monoisotopic (exact) mass is 325 g/mol. The summed E-state index contributed by atoms with van der Waals surface area (Å²) in [6, 6.07) is 7.60. The van der Waals surface area contributed by atoms with Gasteiger partial charge in [0.15, 0.2) is 5.69 Å². The van der Waals surface area contributed by atoms with Crippen LogP contribution in [0.25, 0.3) is 10.9 Å². The highest BCUT2D eigenvalue weighted by molar-refractivity contribution is 7.14. The normalized spacial score (nSPS) is 14.0. The summed E-state index contributed by atoms with van der Waals surface area (Å²) >= 11 is 1.50. The van der Waals surface area contributed by atoms with Crippen molar-refractivity contribution in [1.29, 1.82) is 0 Å². The van der Waals surface area contributed by atoms with E-state index in [9.17, 15) is 9.90 Å². The highest BCUT2D eigenvalue weighted by Gasteiger charge is 2.19. The third kappa shape index (κ3) is 2.35. The standard InChI is InChI=1S/C17H15N3O2S/c1-9-4-2-6-11-14(9)18-17(22)15(11)19-20-16(21)13-8-10-5-3-7-12(10)23-13/h2,4,6,8,18,22H,3,5,7H2,1H3. The Morgan fingerprint density at radius 1 is 1.35 bits per heavy atom. The number of carbonyl (C=O) groups is 1. The van der Waals surface area contributed by atoms with Gasteiger partial charge in [-0.05, 0) is 43.4 Å². The summed E-state index contributed by atoms with van der Waals surface area (Å²) in [6.45, 7) is 1.94. The molecular formula is C17H15N3O2S. The molecule has 1 aliphatic rings. The van der Waals surface area contributed by atoms with Crippen LogP contribution in [-0.2, 0) is 12.8 Å². The van der Waals surface area contributed by atoms with E-state index in [4.69, 9.17) is 0 Å². The van der Waals surface area contributed by atoms with Gasteiger partial charge >= 0.3 is 5.91 Å². The zero-order chi connectivity index (χ0) is 16.0. The van der Waals surface area contributed by atoms with Crippen LogP contribution >= 0.6 is 11.3 Å². The first-order valence-corrected chi connectivity index (χ1v) is 8.33. The number of rotatable bonds is 2. The highest BCUT2D eigenvalue weighted by atomic mass is 32.1. The van der Waals surface area contributed by atoms with Crippen LogP contribution in [0.15, 0.2) is 34.5 Å². The van der Waals surface area contributed by atoms with Gasteiger partial charge in [0, 0.05) is 10.3 Å². The molecule has 23 heavy (non-hydrogen) atoms. The maximum absolute atomic E-state index is 12.2. The van der Waals surface area contributed by atoms with Crippen LogP contribution in [0.3, 0.4) is 0 Å². The number of para-hydroxylation sites is 1. The van der Waals surface area contributed by atoms with Crippen molar-refractivity contribution in [3.63, 3.8) is 0 Å². The summed E-state index contributed by atoms with van der Waals surface area (Å²) < 4.78 is 0. The number of aromatic amines is 1. The van der Waals surface area contributed by atoms with E-state index in [-0.39, 0.29) is 11.8 Å². The first-order valence-electron chi connectivity index (χ1n) is 7.51. The number of amides is 1. The number of hydrogen-bond donors (Lipinski definition) is 2. The van der Waals surface area contributed by atoms with Gasteiger partial charge < -0.3 is 10.1 Å². The minimum Gasteiger partial charge on any atom is -0.493 e. The number of carbonyl (C=O) groups excluding carboxylic acids is 1. The van der Waals surface area contributed by atoms with Gasteiger partial charge in [0.25, 0.3) is 0 Å². The van der Waals surface area contributed by atoms with E-state index in [1.807, 2.05) is 31.2 Å². The Balaban J connectivity index is 1.67. The van der Waals surface area contributed by atoms with Gasteiger partial charge in [-0.2, -0.15) is 0 Å². The van der Waals surface area contributed by atoms with Gasteiger partial charge in [-0.1, -0.05) is 18.2 Å². The molecule has 0 bridgehead atoms. The molecule has 5 nitrogen and oxygen atoms in total. The van der Waals surface area contributed by atoms with Gasteiger partial charge in [0.2, 0.25) is 5.88 Å². The van der Waals surface area contributed by atoms with Crippen molar-refractivity contribution < 1.29 is 9.90 Å². The molecule has 4 rings (SSSR count). The molecule has 1 amide bonds. The quantitative estimate of drug-likeness (QED) is 0.672. The van der Waals surface area contributed by atoms with Crippen LogP contribution in [0.2, 0.25) is 0 Å². The summed E-state index contributed by atoms with van der Waals surface area (Å²) in [7, 11) is 0. The smallest absolute Gasteiger partial charge is 0.305 e. The number of hydrogen-bond acceptors (Lipinski definition) is 4. The fourth-order valence-electron chi connectivity index (χ4n) is 3.02. The summed E-state index contributed by atoms with van der Waals surface area (Å²) in [5, 5.41) is 18.6. The van der Waals surface area contributed by atoms with Crippen LogP contribution in [0, 0.1) is 6.92 Å². The second-order valence-corrected chi connectivity index (χ2v) is 6.87. The number of azo groups is 1. The molecule has 0 atom stereocenters. The summed E-state index contributed by atoms with van der Waals surface area (Å²) in [5.41, 5.74) is 3.38. The fourth-order valence-corrected chi connectivity index (χ4v) is 4.15. The number of thiophene rings is 1. The third-order valence-corrected chi connectivity index (χ3v) is 5.42. The number of fused-ring (bicyclic) bond motifs is 2. The zero-order valence-electron chi connectivity index (χ0n) is 12.6.